The number of carbonyl (C=O) groups is 1. The number of hydrogen-bond donors (Lipinski definition) is 2. The van der Waals surface area contributed by atoms with Crippen LogP contribution in [0.2, 0.25) is 0 Å². The van der Waals surface area contributed by atoms with Crippen molar-refractivity contribution in [2.45, 2.75) is 134 Å². The average molecular weight is 515 g/mol. The van der Waals surface area contributed by atoms with Crippen LogP contribution >= 0.6 is 0 Å². The van der Waals surface area contributed by atoms with E-state index in [1.165, 1.54) is 49.7 Å². The quantitative estimate of drug-likeness (QED) is 0.259. The molecule has 0 aliphatic heterocycles. The lowest BCUT2D eigenvalue weighted by atomic mass is 9.73. The molecule has 0 heterocycles. The van der Waals surface area contributed by atoms with Crippen molar-refractivity contribution in [1.82, 2.24) is 0 Å². The lowest BCUT2D eigenvalue weighted by Crippen LogP contribution is -2.28. The summed E-state index contributed by atoms with van der Waals surface area (Å²) < 4.78 is 11.9. The Hall–Kier alpha value is -1.59. The third-order valence-corrected chi connectivity index (χ3v) is 9.27. The maximum Gasteiger partial charge on any atom is 0.344 e. The summed E-state index contributed by atoms with van der Waals surface area (Å²) in [5, 5.41) is 21.3. The lowest BCUT2D eigenvalue weighted by Gasteiger charge is -2.32. The Morgan fingerprint density at radius 1 is 1.03 bits per heavy atom. The summed E-state index contributed by atoms with van der Waals surface area (Å²) in [6, 6.07) is 6.17. The van der Waals surface area contributed by atoms with Gasteiger partial charge >= 0.3 is 5.97 Å². The Labute approximate surface area is 224 Å². The molecule has 0 radical (unpaired) electrons. The number of esters is 1. The van der Waals surface area contributed by atoms with Crippen LogP contribution in [0.3, 0.4) is 0 Å². The molecule has 4 rings (SSSR count). The van der Waals surface area contributed by atoms with E-state index in [9.17, 15) is 15.0 Å². The number of hydrogen-bond acceptors (Lipinski definition) is 5. The molecule has 0 unspecified atom stereocenters. The van der Waals surface area contributed by atoms with Gasteiger partial charge in [0.05, 0.1) is 12.2 Å². The third kappa shape index (κ3) is 8.20. The van der Waals surface area contributed by atoms with Gasteiger partial charge in [-0.3, -0.25) is 0 Å². The number of ether oxygens (including phenoxy) is 2. The largest absolute Gasteiger partial charge is 0.482 e. The molecule has 1 aromatic carbocycles. The van der Waals surface area contributed by atoms with Crippen LogP contribution in [-0.2, 0) is 22.4 Å². The van der Waals surface area contributed by atoms with E-state index in [0.29, 0.717) is 11.8 Å². The maximum atomic E-state index is 12.6. The molecule has 2 N–H and O–H groups in total. The van der Waals surface area contributed by atoms with Crippen molar-refractivity contribution in [3.8, 4) is 5.75 Å². The fraction of sp³-hybridized carbons (Fsp3) is 0.781. The number of aliphatic hydroxyl groups excluding tert-OH is 2. The van der Waals surface area contributed by atoms with E-state index in [0.717, 1.165) is 76.4 Å². The Balaban J connectivity index is 1.30. The first-order valence-corrected chi connectivity index (χ1v) is 15.3. The Morgan fingerprint density at radius 2 is 1.78 bits per heavy atom. The van der Waals surface area contributed by atoms with Gasteiger partial charge in [-0.1, -0.05) is 64.0 Å². The van der Waals surface area contributed by atoms with Crippen LogP contribution in [0.4, 0.5) is 0 Å². The topological polar surface area (TPSA) is 76.0 Å². The predicted octanol–water partition coefficient (Wildman–Crippen LogP) is 6.54. The van der Waals surface area contributed by atoms with E-state index in [1.54, 1.807) is 0 Å². The first-order chi connectivity index (χ1) is 18.0. The summed E-state index contributed by atoms with van der Waals surface area (Å²) in [4.78, 5) is 12.6. The van der Waals surface area contributed by atoms with Crippen LogP contribution in [0.25, 0.3) is 0 Å². The normalized spacial score (nSPS) is 27.3. The van der Waals surface area contributed by atoms with Crippen LogP contribution in [-0.4, -0.2) is 41.1 Å². The second-order valence-corrected chi connectivity index (χ2v) is 12.0. The van der Waals surface area contributed by atoms with Gasteiger partial charge < -0.3 is 19.7 Å². The van der Waals surface area contributed by atoms with Gasteiger partial charge in [0.15, 0.2) is 6.61 Å². The number of rotatable bonds is 11. The van der Waals surface area contributed by atoms with E-state index in [2.05, 4.69) is 13.0 Å². The van der Waals surface area contributed by atoms with E-state index in [4.69, 9.17) is 9.47 Å². The molecule has 208 valence electrons. The van der Waals surface area contributed by atoms with Gasteiger partial charge in [-0.05, 0) is 99.2 Å². The monoisotopic (exact) mass is 514 g/mol. The number of carbonyl (C=O) groups excluding carboxylic acids is 1. The number of aliphatic hydroxyl groups is 2. The Kier molecular flexibility index (Phi) is 11.2. The standard InChI is InChI=1S/C32H50O5/c1-2-3-8-13-25(33)17-18-27-28-19-23-12-11-16-31(29(23)20-24(28)21-30(27)34)36-22-32(35)37-26-14-9-6-4-5-7-10-15-26/h11-12,16,24-28,30,33-34H,2-10,13-15,17-22H2,1H3/t24-,25-,27+,28-,30+/m0/s1. The molecule has 0 amide bonds. The van der Waals surface area contributed by atoms with Crippen LogP contribution in [0.15, 0.2) is 18.2 Å². The molecule has 5 heteroatoms. The highest BCUT2D eigenvalue weighted by Crippen LogP contribution is 2.48. The molecule has 2 saturated carbocycles. The molecule has 5 nitrogen and oxygen atoms in total. The van der Waals surface area contributed by atoms with Gasteiger partial charge in [-0.2, -0.15) is 0 Å². The molecule has 0 aromatic heterocycles. The van der Waals surface area contributed by atoms with Gasteiger partial charge in [-0.25, -0.2) is 4.79 Å². The van der Waals surface area contributed by atoms with Crippen molar-refractivity contribution in [2.75, 3.05) is 6.61 Å². The molecule has 5 atom stereocenters. The lowest BCUT2D eigenvalue weighted by molar-refractivity contribution is -0.152. The maximum absolute atomic E-state index is 12.6. The molecule has 2 fully saturated rings. The minimum atomic E-state index is -0.292. The highest BCUT2D eigenvalue weighted by Gasteiger charge is 2.44. The van der Waals surface area contributed by atoms with Crippen LogP contribution in [0.5, 0.6) is 5.75 Å². The van der Waals surface area contributed by atoms with Crippen LogP contribution in [0.1, 0.15) is 114 Å². The first kappa shape index (κ1) is 28.4. The summed E-state index contributed by atoms with van der Waals surface area (Å²) in [5.41, 5.74) is 2.48. The zero-order chi connectivity index (χ0) is 26.0. The summed E-state index contributed by atoms with van der Waals surface area (Å²) in [6.07, 6.45) is 17.4. The van der Waals surface area contributed by atoms with Crippen LogP contribution < -0.4 is 4.74 Å². The third-order valence-electron chi connectivity index (χ3n) is 9.27. The smallest absolute Gasteiger partial charge is 0.344 e. The molecule has 3 aliphatic rings. The van der Waals surface area contributed by atoms with Crippen molar-refractivity contribution in [2.24, 2.45) is 17.8 Å². The van der Waals surface area contributed by atoms with E-state index in [-0.39, 0.29) is 36.8 Å². The Bertz CT molecular complexity index is 828. The highest BCUT2D eigenvalue weighted by molar-refractivity contribution is 5.71. The number of benzene rings is 1. The van der Waals surface area contributed by atoms with Crippen molar-refractivity contribution >= 4 is 5.97 Å². The molecule has 0 bridgehead atoms. The van der Waals surface area contributed by atoms with Gasteiger partial charge in [0.25, 0.3) is 0 Å². The van der Waals surface area contributed by atoms with Crippen molar-refractivity contribution < 1.29 is 24.5 Å². The number of unbranched alkanes of at least 4 members (excludes halogenated alkanes) is 2. The zero-order valence-corrected chi connectivity index (χ0v) is 23.0. The average Bonchev–Trinajstić information content (AvgIpc) is 3.25. The highest BCUT2D eigenvalue weighted by atomic mass is 16.6. The van der Waals surface area contributed by atoms with Gasteiger partial charge in [0, 0.05) is 0 Å². The van der Waals surface area contributed by atoms with E-state index < -0.39 is 0 Å². The molecule has 1 aromatic rings. The number of fused-ring (bicyclic) bond motifs is 2. The zero-order valence-electron chi connectivity index (χ0n) is 23.0. The van der Waals surface area contributed by atoms with E-state index in [1.807, 2.05) is 12.1 Å². The van der Waals surface area contributed by atoms with Crippen molar-refractivity contribution in [3.05, 3.63) is 29.3 Å². The van der Waals surface area contributed by atoms with Crippen LogP contribution in [0, 0.1) is 17.8 Å². The molecular weight excluding hydrogens is 464 g/mol. The molecule has 37 heavy (non-hydrogen) atoms. The minimum Gasteiger partial charge on any atom is -0.482 e. The second-order valence-electron chi connectivity index (χ2n) is 12.0. The summed E-state index contributed by atoms with van der Waals surface area (Å²) >= 11 is 0. The molecule has 0 spiro atoms. The molecular formula is C32H50O5. The minimum absolute atomic E-state index is 0.0294. The van der Waals surface area contributed by atoms with Gasteiger partial charge in [0.2, 0.25) is 0 Å². The fourth-order valence-corrected chi connectivity index (χ4v) is 7.17. The summed E-state index contributed by atoms with van der Waals surface area (Å²) in [6.45, 7) is 2.15. The first-order valence-electron chi connectivity index (χ1n) is 15.3. The van der Waals surface area contributed by atoms with Gasteiger partial charge in [0.1, 0.15) is 11.9 Å². The Morgan fingerprint density at radius 3 is 2.54 bits per heavy atom. The van der Waals surface area contributed by atoms with Crippen molar-refractivity contribution in [3.63, 3.8) is 0 Å². The summed E-state index contributed by atoms with van der Waals surface area (Å²) in [5.74, 6) is 1.68. The van der Waals surface area contributed by atoms with E-state index >= 15 is 0 Å². The second kappa shape index (κ2) is 14.5. The predicted molar refractivity (Wildman–Crippen MR) is 147 cm³/mol. The van der Waals surface area contributed by atoms with Gasteiger partial charge in [-0.15, -0.1) is 0 Å². The van der Waals surface area contributed by atoms with Crippen molar-refractivity contribution in [1.29, 1.82) is 0 Å². The fourth-order valence-electron chi connectivity index (χ4n) is 7.17. The SMILES string of the molecule is CCCCC[C@H](O)CC[C@@H]1[C@H]2Cc3cccc(OCC(=O)OC4CCCCCCCC4)c3C[C@H]2C[C@H]1O. The molecule has 0 saturated heterocycles. The summed E-state index contributed by atoms with van der Waals surface area (Å²) in [7, 11) is 0. The molecule has 3 aliphatic carbocycles.